The molecule has 0 aromatic carbocycles. The Morgan fingerprint density at radius 1 is 1.47 bits per heavy atom. The van der Waals surface area contributed by atoms with E-state index in [0.717, 1.165) is 25.3 Å². The van der Waals surface area contributed by atoms with Gasteiger partial charge in [-0.15, -0.1) is 0 Å². The van der Waals surface area contributed by atoms with E-state index >= 15 is 0 Å². The summed E-state index contributed by atoms with van der Waals surface area (Å²) >= 11 is 0. The molecule has 1 aliphatic heterocycles. The molecule has 2 rings (SSSR count). The Bertz CT molecular complexity index is 419. The number of nitrogens with one attached hydrogen (secondary N) is 1. The summed E-state index contributed by atoms with van der Waals surface area (Å²) in [5, 5.41) is 3.38. The molecular weight excluding hydrogens is 238 g/mol. The number of rotatable bonds is 4. The first kappa shape index (κ1) is 14.1. The zero-order chi connectivity index (χ0) is 13.8. The summed E-state index contributed by atoms with van der Waals surface area (Å²) in [7, 11) is 1.93. The molecule has 1 amide bonds. The van der Waals surface area contributed by atoms with E-state index in [9.17, 15) is 4.79 Å². The van der Waals surface area contributed by atoms with E-state index in [1.165, 1.54) is 12.8 Å². The normalized spacial score (nSPS) is 16.8. The molecule has 1 N–H and O–H groups in total. The molecule has 0 saturated carbocycles. The lowest BCUT2D eigenvalue weighted by molar-refractivity contribution is 0.0648. The third kappa shape index (κ3) is 3.38. The van der Waals surface area contributed by atoms with Crippen LogP contribution in [0, 0.1) is 5.92 Å². The van der Waals surface area contributed by atoms with Crippen LogP contribution in [-0.2, 0) is 7.05 Å². The summed E-state index contributed by atoms with van der Waals surface area (Å²) in [5.74, 6) is 0.786. The van der Waals surface area contributed by atoms with E-state index in [1.807, 2.05) is 34.8 Å². The van der Waals surface area contributed by atoms with Gasteiger partial charge in [-0.3, -0.25) is 4.79 Å². The molecule has 19 heavy (non-hydrogen) atoms. The molecule has 0 radical (unpaired) electrons. The second-order valence-corrected chi connectivity index (χ2v) is 5.75. The van der Waals surface area contributed by atoms with Gasteiger partial charge in [-0.05, 0) is 57.8 Å². The Hall–Kier alpha value is -1.29. The molecule has 1 aromatic heterocycles. The zero-order valence-corrected chi connectivity index (χ0v) is 12.2. The maximum atomic E-state index is 12.6. The van der Waals surface area contributed by atoms with Crippen molar-refractivity contribution >= 4 is 5.91 Å². The van der Waals surface area contributed by atoms with Gasteiger partial charge in [0.25, 0.3) is 5.91 Å². The zero-order valence-electron chi connectivity index (χ0n) is 12.2. The van der Waals surface area contributed by atoms with E-state index in [-0.39, 0.29) is 11.9 Å². The molecule has 0 atom stereocenters. The maximum Gasteiger partial charge on any atom is 0.270 e. The number of aromatic nitrogens is 1. The molecule has 1 saturated heterocycles. The van der Waals surface area contributed by atoms with Crippen molar-refractivity contribution in [1.29, 1.82) is 0 Å². The summed E-state index contributed by atoms with van der Waals surface area (Å²) < 4.78 is 1.90. The van der Waals surface area contributed by atoms with Crippen LogP contribution in [0.4, 0.5) is 0 Å². The van der Waals surface area contributed by atoms with Crippen LogP contribution in [0.3, 0.4) is 0 Å². The van der Waals surface area contributed by atoms with Crippen molar-refractivity contribution in [3.8, 4) is 0 Å². The second kappa shape index (κ2) is 6.24. The van der Waals surface area contributed by atoms with Crippen LogP contribution in [0.25, 0.3) is 0 Å². The number of piperidine rings is 1. The lowest BCUT2D eigenvalue weighted by Crippen LogP contribution is -2.43. The summed E-state index contributed by atoms with van der Waals surface area (Å²) in [6.07, 6.45) is 4.27. The quantitative estimate of drug-likeness (QED) is 0.900. The van der Waals surface area contributed by atoms with Crippen LogP contribution in [0.15, 0.2) is 18.3 Å². The van der Waals surface area contributed by atoms with Gasteiger partial charge in [0.2, 0.25) is 0 Å². The number of nitrogens with zero attached hydrogens (tertiary/aromatic N) is 2. The Kier molecular flexibility index (Phi) is 4.64. The minimum absolute atomic E-state index is 0.154. The minimum atomic E-state index is 0.154. The average molecular weight is 263 g/mol. The fraction of sp³-hybridized carbons (Fsp3) is 0.667. The molecule has 0 aliphatic carbocycles. The van der Waals surface area contributed by atoms with Gasteiger partial charge < -0.3 is 14.8 Å². The SMILES string of the molecule is CC(C)N(CC1CCNCC1)C(=O)c1cccn1C. The van der Waals surface area contributed by atoms with Gasteiger partial charge in [0.05, 0.1) is 0 Å². The van der Waals surface area contributed by atoms with Crippen LogP contribution < -0.4 is 5.32 Å². The Morgan fingerprint density at radius 3 is 2.68 bits per heavy atom. The molecule has 0 unspecified atom stereocenters. The average Bonchev–Trinajstić information content (AvgIpc) is 2.82. The van der Waals surface area contributed by atoms with Gasteiger partial charge in [0, 0.05) is 25.8 Å². The molecule has 1 aliphatic rings. The van der Waals surface area contributed by atoms with Crippen LogP contribution in [0.5, 0.6) is 0 Å². The van der Waals surface area contributed by atoms with Crippen LogP contribution in [0.1, 0.15) is 37.2 Å². The molecule has 2 heterocycles. The van der Waals surface area contributed by atoms with Gasteiger partial charge in [-0.2, -0.15) is 0 Å². The summed E-state index contributed by atoms with van der Waals surface area (Å²) in [6.45, 7) is 7.23. The highest BCUT2D eigenvalue weighted by molar-refractivity contribution is 5.93. The first-order valence-electron chi connectivity index (χ1n) is 7.22. The second-order valence-electron chi connectivity index (χ2n) is 5.75. The van der Waals surface area contributed by atoms with Gasteiger partial charge in [0.1, 0.15) is 5.69 Å². The molecule has 4 heteroatoms. The largest absolute Gasteiger partial charge is 0.347 e. The van der Waals surface area contributed by atoms with Crippen LogP contribution in [-0.4, -0.2) is 41.1 Å². The van der Waals surface area contributed by atoms with Crippen molar-refractivity contribution in [2.45, 2.75) is 32.7 Å². The van der Waals surface area contributed by atoms with Gasteiger partial charge in [-0.25, -0.2) is 0 Å². The lowest BCUT2D eigenvalue weighted by Gasteiger charge is -2.33. The van der Waals surface area contributed by atoms with E-state index in [2.05, 4.69) is 19.2 Å². The Morgan fingerprint density at radius 2 is 2.16 bits per heavy atom. The molecule has 0 bridgehead atoms. The number of carbonyl (C=O) groups is 1. The monoisotopic (exact) mass is 263 g/mol. The molecule has 4 nitrogen and oxygen atoms in total. The van der Waals surface area contributed by atoms with Crippen molar-refractivity contribution < 1.29 is 4.79 Å². The van der Waals surface area contributed by atoms with E-state index in [4.69, 9.17) is 0 Å². The summed E-state index contributed by atoms with van der Waals surface area (Å²) in [5.41, 5.74) is 0.780. The first-order valence-corrected chi connectivity index (χ1v) is 7.22. The number of amides is 1. The summed E-state index contributed by atoms with van der Waals surface area (Å²) in [6, 6.07) is 4.08. The number of carbonyl (C=O) groups excluding carboxylic acids is 1. The fourth-order valence-corrected chi connectivity index (χ4v) is 2.70. The van der Waals surface area contributed by atoms with Gasteiger partial charge in [-0.1, -0.05) is 0 Å². The molecule has 1 fully saturated rings. The fourth-order valence-electron chi connectivity index (χ4n) is 2.70. The lowest BCUT2D eigenvalue weighted by atomic mass is 9.97. The van der Waals surface area contributed by atoms with Crippen molar-refractivity contribution in [2.24, 2.45) is 13.0 Å². The minimum Gasteiger partial charge on any atom is -0.347 e. The highest BCUT2D eigenvalue weighted by atomic mass is 16.2. The number of hydrogen-bond donors (Lipinski definition) is 1. The molecular formula is C15H25N3O. The van der Waals surface area contributed by atoms with E-state index in [1.54, 1.807) is 0 Å². The van der Waals surface area contributed by atoms with E-state index < -0.39 is 0 Å². The highest BCUT2D eigenvalue weighted by Gasteiger charge is 2.24. The Balaban J connectivity index is 2.07. The molecule has 106 valence electrons. The first-order chi connectivity index (χ1) is 9.09. The van der Waals surface area contributed by atoms with Crippen molar-refractivity contribution in [1.82, 2.24) is 14.8 Å². The van der Waals surface area contributed by atoms with Crippen molar-refractivity contribution in [3.05, 3.63) is 24.0 Å². The molecule has 0 spiro atoms. The van der Waals surface area contributed by atoms with Crippen molar-refractivity contribution in [2.75, 3.05) is 19.6 Å². The van der Waals surface area contributed by atoms with Crippen molar-refractivity contribution in [3.63, 3.8) is 0 Å². The predicted molar refractivity (Wildman–Crippen MR) is 77.2 cm³/mol. The highest BCUT2D eigenvalue weighted by Crippen LogP contribution is 2.17. The number of hydrogen-bond acceptors (Lipinski definition) is 2. The number of aryl methyl sites for hydroxylation is 1. The third-order valence-electron chi connectivity index (χ3n) is 3.96. The van der Waals surface area contributed by atoms with Gasteiger partial charge in [0.15, 0.2) is 0 Å². The predicted octanol–water partition coefficient (Wildman–Crippen LogP) is 1.88. The molecule has 1 aromatic rings. The smallest absolute Gasteiger partial charge is 0.270 e. The standard InChI is InChI=1S/C15H25N3O/c1-12(2)18(11-13-6-8-16-9-7-13)15(19)14-5-4-10-17(14)3/h4-5,10,12-13,16H,6-9,11H2,1-3H3. The summed E-state index contributed by atoms with van der Waals surface area (Å²) in [4.78, 5) is 14.7. The Labute approximate surface area is 115 Å². The van der Waals surface area contributed by atoms with E-state index in [0.29, 0.717) is 5.92 Å². The van der Waals surface area contributed by atoms with Gasteiger partial charge >= 0.3 is 0 Å². The maximum absolute atomic E-state index is 12.6. The van der Waals surface area contributed by atoms with Crippen LogP contribution in [0.2, 0.25) is 0 Å². The van der Waals surface area contributed by atoms with Crippen LogP contribution >= 0.6 is 0 Å². The third-order valence-corrected chi connectivity index (χ3v) is 3.96. The topological polar surface area (TPSA) is 37.3 Å².